The topological polar surface area (TPSA) is 9.23 Å². The van der Waals surface area contributed by atoms with Gasteiger partial charge in [-0.15, -0.1) is 0 Å². The van der Waals surface area contributed by atoms with E-state index in [1.165, 1.54) is 19.3 Å². The predicted octanol–water partition coefficient (Wildman–Crippen LogP) is 4.07. The molecule has 0 saturated carbocycles. The zero-order valence-corrected chi connectivity index (χ0v) is 12.0. The molecular formula is C14H24OSi. The number of fused-ring (bicyclic) bond motifs is 1. The minimum atomic E-state index is -1.53. The van der Waals surface area contributed by atoms with Gasteiger partial charge in [-0.1, -0.05) is 38.0 Å². The largest absolute Gasteiger partial charge is 0.412 e. The Bertz CT molecular complexity index is 328. The highest BCUT2D eigenvalue weighted by Gasteiger charge is 2.42. The van der Waals surface area contributed by atoms with E-state index in [9.17, 15) is 0 Å². The highest BCUT2D eigenvalue weighted by Crippen LogP contribution is 2.42. The van der Waals surface area contributed by atoms with Gasteiger partial charge in [0.25, 0.3) is 0 Å². The van der Waals surface area contributed by atoms with E-state index in [1.807, 2.05) is 0 Å². The van der Waals surface area contributed by atoms with E-state index in [4.69, 9.17) is 4.43 Å². The molecule has 0 bridgehead atoms. The number of rotatable bonds is 3. The van der Waals surface area contributed by atoms with Crippen molar-refractivity contribution in [2.24, 2.45) is 11.8 Å². The molecule has 0 N–H and O–H groups in total. The minimum Gasteiger partial charge on any atom is -0.412 e. The van der Waals surface area contributed by atoms with Crippen molar-refractivity contribution in [3.05, 3.63) is 22.9 Å². The second-order valence-corrected chi connectivity index (χ2v) is 9.49. The Labute approximate surface area is 101 Å². The maximum atomic E-state index is 6.08. The third kappa shape index (κ3) is 2.05. The second-order valence-electron chi connectivity index (χ2n) is 5.64. The molecule has 1 aliphatic heterocycles. The zero-order chi connectivity index (χ0) is 11.8. The lowest BCUT2D eigenvalue weighted by molar-refractivity contribution is 0.326. The van der Waals surface area contributed by atoms with Gasteiger partial charge in [0.1, 0.15) is 0 Å². The first-order valence-electron chi connectivity index (χ1n) is 6.62. The maximum Gasteiger partial charge on any atom is 0.214 e. The van der Waals surface area contributed by atoms with Crippen molar-refractivity contribution in [2.75, 3.05) is 6.61 Å². The van der Waals surface area contributed by atoms with Crippen molar-refractivity contribution in [1.82, 2.24) is 0 Å². The van der Waals surface area contributed by atoms with Gasteiger partial charge in [-0.2, -0.15) is 0 Å². The van der Waals surface area contributed by atoms with Gasteiger partial charge in [0, 0.05) is 12.5 Å². The Morgan fingerprint density at radius 1 is 1.38 bits per heavy atom. The van der Waals surface area contributed by atoms with Crippen LogP contribution in [0.1, 0.15) is 33.1 Å². The average molecular weight is 236 g/mol. The fraction of sp³-hybridized carbons (Fsp3) is 0.714. The number of hydrogen-bond donors (Lipinski definition) is 0. The van der Waals surface area contributed by atoms with E-state index < -0.39 is 8.32 Å². The zero-order valence-electron chi connectivity index (χ0n) is 11.0. The van der Waals surface area contributed by atoms with Crippen molar-refractivity contribution in [2.45, 2.75) is 46.2 Å². The van der Waals surface area contributed by atoms with Crippen molar-refractivity contribution in [3.63, 3.8) is 0 Å². The normalized spacial score (nSPS) is 32.0. The highest BCUT2D eigenvalue weighted by molar-refractivity contribution is 6.79. The highest BCUT2D eigenvalue weighted by atomic mass is 28.4. The number of hydrogen-bond acceptors (Lipinski definition) is 1. The third-order valence-electron chi connectivity index (χ3n) is 3.97. The summed E-state index contributed by atoms with van der Waals surface area (Å²) in [6, 6.07) is 0. The molecule has 2 atom stereocenters. The smallest absolute Gasteiger partial charge is 0.214 e. The van der Waals surface area contributed by atoms with E-state index >= 15 is 0 Å². The van der Waals surface area contributed by atoms with Gasteiger partial charge in [0.2, 0.25) is 8.32 Å². The quantitative estimate of drug-likeness (QED) is 0.530. The van der Waals surface area contributed by atoms with Crippen LogP contribution in [0.4, 0.5) is 0 Å². The van der Waals surface area contributed by atoms with Gasteiger partial charge in [-0.3, -0.25) is 0 Å². The molecule has 1 fully saturated rings. The van der Waals surface area contributed by atoms with Gasteiger partial charge in [0.05, 0.1) is 0 Å². The maximum absolute atomic E-state index is 6.08. The van der Waals surface area contributed by atoms with Gasteiger partial charge < -0.3 is 4.43 Å². The summed E-state index contributed by atoms with van der Waals surface area (Å²) in [7, 11) is -1.53. The fourth-order valence-corrected chi connectivity index (χ4v) is 6.02. The minimum absolute atomic E-state index is 0.615. The van der Waals surface area contributed by atoms with Gasteiger partial charge >= 0.3 is 0 Å². The summed E-state index contributed by atoms with van der Waals surface area (Å²) in [6.07, 6.45) is 8.68. The molecule has 1 aliphatic carbocycles. The van der Waals surface area contributed by atoms with Crippen LogP contribution in [-0.2, 0) is 4.43 Å². The Hall–Kier alpha value is -0.343. The summed E-state index contributed by atoms with van der Waals surface area (Å²) >= 11 is 0. The van der Waals surface area contributed by atoms with Gasteiger partial charge in [-0.25, -0.2) is 0 Å². The first-order chi connectivity index (χ1) is 7.56. The summed E-state index contributed by atoms with van der Waals surface area (Å²) in [5.41, 5.74) is 1.71. The van der Waals surface area contributed by atoms with E-state index in [0.717, 1.165) is 6.61 Å². The molecule has 1 nitrogen and oxygen atoms in total. The SMILES string of the molecule is CCCCC1=C2[C@@H](C=C[C@@H]1C)CO[Si]2(C)C. The van der Waals surface area contributed by atoms with Crippen LogP contribution in [0.3, 0.4) is 0 Å². The molecule has 2 aliphatic rings. The Morgan fingerprint density at radius 2 is 2.12 bits per heavy atom. The molecular weight excluding hydrogens is 212 g/mol. The molecule has 16 heavy (non-hydrogen) atoms. The third-order valence-corrected chi connectivity index (χ3v) is 6.85. The Balaban J connectivity index is 2.32. The fourth-order valence-electron chi connectivity index (χ4n) is 3.07. The van der Waals surface area contributed by atoms with Crippen LogP contribution in [0, 0.1) is 11.8 Å². The van der Waals surface area contributed by atoms with Crippen LogP contribution >= 0.6 is 0 Å². The lowest BCUT2D eigenvalue weighted by atomic mass is 9.87. The van der Waals surface area contributed by atoms with Crippen molar-refractivity contribution >= 4 is 8.32 Å². The lowest BCUT2D eigenvalue weighted by Gasteiger charge is -2.28. The number of unbranched alkanes of at least 4 members (excludes halogenated alkanes) is 1. The first kappa shape index (κ1) is 12.1. The van der Waals surface area contributed by atoms with E-state index in [-0.39, 0.29) is 0 Å². The van der Waals surface area contributed by atoms with Crippen LogP contribution in [0.2, 0.25) is 13.1 Å². The molecule has 1 heterocycles. The number of allylic oxidation sites excluding steroid dienone is 2. The molecule has 0 aromatic rings. The summed E-state index contributed by atoms with van der Waals surface area (Å²) in [4.78, 5) is 0. The Morgan fingerprint density at radius 3 is 2.81 bits per heavy atom. The molecule has 0 aromatic heterocycles. The molecule has 0 amide bonds. The van der Waals surface area contributed by atoms with Gasteiger partial charge in [-0.05, 0) is 37.0 Å². The summed E-state index contributed by atoms with van der Waals surface area (Å²) in [5, 5.41) is 1.72. The predicted molar refractivity (Wildman–Crippen MR) is 71.8 cm³/mol. The van der Waals surface area contributed by atoms with E-state index in [1.54, 1.807) is 10.8 Å². The summed E-state index contributed by atoms with van der Waals surface area (Å²) in [5.74, 6) is 1.26. The molecule has 2 rings (SSSR count). The molecule has 0 aromatic carbocycles. The first-order valence-corrected chi connectivity index (χ1v) is 9.52. The van der Waals surface area contributed by atoms with Crippen molar-refractivity contribution in [3.8, 4) is 0 Å². The summed E-state index contributed by atoms with van der Waals surface area (Å²) < 4.78 is 6.08. The molecule has 0 spiro atoms. The molecule has 2 heteroatoms. The van der Waals surface area contributed by atoms with Crippen LogP contribution in [0.15, 0.2) is 22.9 Å². The van der Waals surface area contributed by atoms with E-state index in [0.29, 0.717) is 11.8 Å². The van der Waals surface area contributed by atoms with Crippen molar-refractivity contribution < 1.29 is 4.43 Å². The summed E-state index contributed by atoms with van der Waals surface area (Å²) in [6.45, 7) is 10.3. The molecule has 0 unspecified atom stereocenters. The van der Waals surface area contributed by atoms with E-state index in [2.05, 4.69) is 39.1 Å². The second kappa shape index (κ2) is 4.50. The standard InChI is InChI=1S/C14H24OSi/c1-5-6-7-13-11(2)8-9-12-10-15-16(3,4)14(12)13/h8-9,11-12H,5-7,10H2,1-4H3/t11-,12-/m0/s1. The lowest BCUT2D eigenvalue weighted by Crippen LogP contribution is -2.30. The monoisotopic (exact) mass is 236 g/mol. The van der Waals surface area contributed by atoms with Gasteiger partial charge in [0.15, 0.2) is 0 Å². The van der Waals surface area contributed by atoms with Crippen LogP contribution in [0.5, 0.6) is 0 Å². The van der Waals surface area contributed by atoms with Crippen LogP contribution < -0.4 is 0 Å². The molecule has 1 saturated heterocycles. The average Bonchev–Trinajstić information content (AvgIpc) is 2.54. The van der Waals surface area contributed by atoms with Crippen molar-refractivity contribution in [1.29, 1.82) is 0 Å². The Kier molecular flexibility index (Phi) is 3.41. The van der Waals surface area contributed by atoms with Crippen LogP contribution in [0.25, 0.3) is 0 Å². The molecule has 0 radical (unpaired) electrons. The molecule has 90 valence electrons. The van der Waals surface area contributed by atoms with Crippen LogP contribution in [-0.4, -0.2) is 14.9 Å².